The summed E-state index contributed by atoms with van der Waals surface area (Å²) in [6.45, 7) is 2.41. The normalized spacial score (nSPS) is 20.5. The molecule has 2 aliphatic carbocycles. The fourth-order valence-electron chi connectivity index (χ4n) is 6.86. The minimum absolute atomic E-state index is 0.212. The van der Waals surface area contributed by atoms with Crippen molar-refractivity contribution in [3.63, 3.8) is 0 Å². The average Bonchev–Trinajstić information content (AvgIpc) is 3.94. The Labute approximate surface area is 244 Å². The molecule has 0 N–H and O–H groups in total. The van der Waals surface area contributed by atoms with Gasteiger partial charge in [-0.25, -0.2) is 15.0 Å². The van der Waals surface area contributed by atoms with Crippen molar-refractivity contribution in [3.8, 4) is 45.0 Å². The topological polar surface area (TPSA) is 43.6 Å². The molecule has 200 valence electrons. The Bertz CT molecular complexity index is 2120. The molecule has 4 nitrogen and oxygen atoms in total. The van der Waals surface area contributed by atoms with E-state index in [4.69, 9.17) is 15.0 Å². The van der Waals surface area contributed by atoms with E-state index in [1.54, 1.807) is 0 Å². The summed E-state index contributed by atoms with van der Waals surface area (Å²) in [6.07, 6.45) is 1.36. The molecule has 2 aromatic heterocycles. The van der Waals surface area contributed by atoms with Crippen molar-refractivity contribution in [2.75, 3.05) is 0 Å². The Balaban J connectivity index is 1.07. The molecule has 0 aliphatic heterocycles. The third-order valence-electron chi connectivity index (χ3n) is 9.48. The van der Waals surface area contributed by atoms with Gasteiger partial charge in [0.15, 0.2) is 0 Å². The van der Waals surface area contributed by atoms with Gasteiger partial charge in [0.2, 0.25) is 0 Å². The van der Waals surface area contributed by atoms with E-state index >= 15 is 0 Å². The zero-order valence-corrected chi connectivity index (χ0v) is 23.3. The molecule has 2 fully saturated rings. The van der Waals surface area contributed by atoms with Crippen molar-refractivity contribution in [2.45, 2.75) is 18.9 Å². The van der Waals surface area contributed by atoms with E-state index in [-0.39, 0.29) is 5.54 Å². The molecule has 4 heteroatoms. The molecule has 9 rings (SSSR count). The summed E-state index contributed by atoms with van der Waals surface area (Å²) in [6, 6.07) is 44.5. The quantitative estimate of drug-likeness (QED) is 0.219. The van der Waals surface area contributed by atoms with Gasteiger partial charge in [-0.2, -0.15) is 0 Å². The number of nitrogens with zero attached hydrogens (tertiary/aromatic N) is 4. The van der Waals surface area contributed by atoms with E-state index < -0.39 is 0 Å². The molecule has 2 unspecified atom stereocenters. The van der Waals surface area contributed by atoms with E-state index in [9.17, 15) is 0 Å². The van der Waals surface area contributed by atoms with E-state index in [1.807, 2.05) is 42.5 Å². The first kappa shape index (κ1) is 23.6. The highest BCUT2D eigenvalue weighted by Gasteiger charge is 2.75. The third kappa shape index (κ3) is 3.51. The van der Waals surface area contributed by atoms with Gasteiger partial charge in [-0.1, -0.05) is 103 Å². The molecule has 2 heterocycles. The van der Waals surface area contributed by atoms with Crippen LogP contribution in [-0.2, 0) is 5.54 Å². The summed E-state index contributed by atoms with van der Waals surface area (Å²) in [7, 11) is 0. The van der Waals surface area contributed by atoms with Crippen molar-refractivity contribution >= 4 is 22.1 Å². The van der Waals surface area contributed by atoms with Gasteiger partial charge >= 0.3 is 0 Å². The van der Waals surface area contributed by atoms with Crippen LogP contribution in [0.15, 0.2) is 127 Å². The number of fused-ring (bicyclic) bond motifs is 3. The lowest BCUT2D eigenvalue weighted by molar-refractivity contribution is 0.408. The highest BCUT2D eigenvalue weighted by Crippen LogP contribution is 2.76. The van der Waals surface area contributed by atoms with Crippen LogP contribution in [0.3, 0.4) is 0 Å². The Kier molecular flexibility index (Phi) is 4.89. The first-order valence-corrected chi connectivity index (χ1v) is 14.7. The maximum atomic E-state index is 5.10. The van der Waals surface area contributed by atoms with Crippen LogP contribution in [0, 0.1) is 11.8 Å². The minimum atomic E-state index is 0.212. The molecule has 7 aromatic rings. The first-order chi connectivity index (χ1) is 20.7. The van der Waals surface area contributed by atoms with Gasteiger partial charge in [-0.15, -0.1) is 0 Å². The zero-order valence-electron chi connectivity index (χ0n) is 23.3. The monoisotopic (exact) mass is 540 g/mol. The lowest BCUT2D eigenvalue weighted by Gasteiger charge is -2.23. The van der Waals surface area contributed by atoms with Crippen LogP contribution in [0.5, 0.6) is 0 Å². The van der Waals surface area contributed by atoms with Gasteiger partial charge in [0.05, 0.1) is 39.0 Å². The second-order valence-corrected chi connectivity index (χ2v) is 11.9. The second kappa shape index (κ2) is 8.70. The van der Waals surface area contributed by atoms with Crippen LogP contribution < -0.4 is 0 Å². The van der Waals surface area contributed by atoms with Gasteiger partial charge < -0.3 is 4.57 Å². The van der Waals surface area contributed by atoms with Crippen molar-refractivity contribution in [2.24, 2.45) is 11.8 Å². The second-order valence-electron chi connectivity index (χ2n) is 11.9. The fraction of sp³-hybridized carbons (Fsp3) is 0.132. The standard InChI is InChI=1S/C38H28N4/c1-38(29-23-30(29)38)42-34-14-8-7-13-33(34)41-37(42)28-21-17-25(18-22-28)24-15-19-27(20-16-24)36-35(26-9-3-2-4-10-26)39-31-11-5-6-12-32(31)40-36/h2-22,29-30H,23H2,1H3. The lowest BCUT2D eigenvalue weighted by atomic mass is 9.99. The molecular weight excluding hydrogens is 512 g/mol. The van der Waals surface area contributed by atoms with Crippen LogP contribution in [0.25, 0.3) is 67.1 Å². The van der Waals surface area contributed by atoms with Crippen molar-refractivity contribution in [1.29, 1.82) is 0 Å². The molecule has 0 amide bonds. The van der Waals surface area contributed by atoms with Crippen LogP contribution in [0.1, 0.15) is 13.3 Å². The molecule has 2 aliphatic rings. The number of hydrogen-bond donors (Lipinski definition) is 0. The fourth-order valence-corrected chi connectivity index (χ4v) is 6.86. The summed E-state index contributed by atoms with van der Waals surface area (Å²) in [5, 5.41) is 0. The maximum Gasteiger partial charge on any atom is 0.141 e. The molecule has 42 heavy (non-hydrogen) atoms. The number of para-hydroxylation sites is 4. The smallest absolute Gasteiger partial charge is 0.141 e. The highest BCUT2D eigenvalue weighted by molar-refractivity contribution is 5.87. The number of aromatic nitrogens is 4. The van der Waals surface area contributed by atoms with Crippen LogP contribution in [0.2, 0.25) is 0 Å². The van der Waals surface area contributed by atoms with Crippen molar-refractivity contribution < 1.29 is 0 Å². The number of benzene rings is 5. The molecule has 0 spiro atoms. The summed E-state index contributed by atoms with van der Waals surface area (Å²) >= 11 is 0. The Morgan fingerprint density at radius 3 is 1.55 bits per heavy atom. The van der Waals surface area contributed by atoms with Crippen LogP contribution in [0.4, 0.5) is 0 Å². The SMILES string of the molecule is CC1(n2c(-c3ccc(-c4ccc(-c5nc6ccccc6nc5-c5ccccc5)cc4)cc3)nc3ccccc32)C2CC21. The minimum Gasteiger partial charge on any atom is -0.317 e. The summed E-state index contributed by atoms with van der Waals surface area (Å²) in [4.78, 5) is 15.2. The van der Waals surface area contributed by atoms with Gasteiger partial charge in [0, 0.05) is 16.7 Å². The number of hydrogen-bond acceptors (Lipinski definition) is 3. The molecular formula is C38H28N4. The summed E-state index contributed by atoms with van der Waals surface area (Å²) in [5.74, 6) is 2.69. The Morgan fingerprint density at radius 2 is 0.976 bits per heavy atom. The van der Waals surface area contributed by atoms with E-state index in [0.29, 0.717) is 0 Å². The van der Waals surface area contributed by atoms with Gasteiger partial charge in [-0.3, -0.25) is 0 Å². The molecule has 0 bridgehead atoms. The predicted octanol–water partition coefficient (Wildman–Crippen LogP) is 9.01. The van der Waals surface area contributed by atoms with E-state index in [2.05, 4.69) is 96.4 Å². The number of imidazole rings is 1. The zero-order chi connectivity index (χ0) is 27.8. The van der Waals surface area contributed by atoms with Gasteiger partial charge in [0.25, 0.3) is 0 Å². The highest BCUT2D eigenvalue weighted by atomic mass is 15.2. The van der Waals surface area contributed by atoms with Crippen molar-refractivity contribution in [1.82, 2.24) is 19.5 Å². The summed E-state index contributed by atoms with van der Waals surface area (Å²) < 4.78 is 2.51. The van der Waals surface area contributed by atoms with Crippen LogP contribution in [-0.4, -0.2) is 19.5 Å². The van der Waals surface area contributed by atoms with Gasteiger partial charge in [0.1, 0.15) is 5.82 Å². The predicted molar refractivity (Wildman–Crippen MR) is 170 cm³/mol. The van der Waals surface area contributed by atoms with Crippen LogP contribution >= 0.6 is 0 Å². The van der Waals surface area contributed by atoms with Gasteiger partial charge in [-0.05, 0) is 60.6 Å². The maximum absolute atomic E-state index is 5.10. The Morgan fingerprint density at radius 1 is 0.500 bits per heavy atom. The first-order valence-electron chi connectivity index (χ1n) is 14.7. The number of rotatable bonds is 5. The molecule has 0 saturated heterocycles. The molecule has 5 aromatic carbocycles. The molecule has 2 atom stereocenters. The average molecular weight is 541 g/mol. The third-order valence-corrected chi connectivity index (χ3v) is 9.48. The summed E-state index contributed by atoms with van der Waals surface area (Å²) in [5.41, 5.74) is 11.8. The molecule has 0 radical (unpaired) electrons. The Hall–Kier alpha value is -5.09. The van der Waals surface area contributed by atoms with E-state index in [1.165, 1.54) is 23.1 Å². The molecule has 2 saturated carbocycles. The van der Waals surface area contributed by atoms with E-state index in [0.717, 1.165) is 62.3 Å². The largest absolute Gasteiger partial charge is 0.317 e. The van der Waals surface area contributed by atoms with Crippen molar-refractivity contribution in [3.05, 3.63) is 127 Å². The lowest BCUT2D eigenvalue weighted by Crippen LogP contribution is -2.22.